The largest absolute Gasteiger partial charge is 0.235 e. The average molecular weight is 219 g/mol. The number of aliphatic imine (C=N–C) groups is 1. The van der Waals surface area contributed by atoms with Gasteiger partial charge in [-0.05, 0) is 44.9 Å². The lowest BCUT2D eigenvalue weighted by Gasteiger charge is -2.33. The van der Waals surface area contributed by atoms with E-state index >= 15 is 0 Å². The maximum Gasteiger partial charge on any atom is 0.235 e. The first-order valence-electron chi connectivity index (χ1n) is 6.62. The van der Waals surface area contributed by atoms with E-state index < -0.39 is 0 Å². The maximum absolute atomic E-state index is 10.6. The van der Waals surface area contributed by atoms with Gasteiger partial charge in [-0.15, -0.1) is 0 Å². The van der Waals surface area contributed by atoms with Crippen molar-refractivity contribution in [3.8, 4) is 0 Å². The molecule has 0 bridgehead atoms. The van der Waals surface area contributed by atoms with E-state index in [1.807, 2.05) is 6.08 Å². The zero-order valence-corrected chi connectivity index (χ0v) is 10.0. The predicted molar refractivity (Wildman–Crippen MR) is 65.1 cm³/mol. The summed E-state index contributed by atoms with van der Waals surface area (Å²) in [5.74, 6) is 0. The van der Waals surface area contributed by atoms with Gasteiger partial charge in [0.15, 0.2) is 0 Å². The van der Waals surface area contributed by atoms with Crippen molar-refractivity contribution in [2.24, 2.45) is 4.99 Å². The number of rotatable bonds is 3. The van der Waals surface area contributed by atoms with Crippen molar-refractivity contribution in [2.45, 2.75) is 69.7 Å². The van der Waals surface area contributed by atoms with Crippen LogP contribution in [0.3, 0.4) is 0 Å². The molecule has 0 spiro atoms. The van der Waals surface area contributed by atoms with Crippen LogP contribution in [0, 0.1) is 0 Å². The molecule has 0 N–H and O–H groups in total. The van der Waals surface area contributed by atoms with Crippen LogP contribution in [-0.4, -0.2) is 11.6 Å². The van der Waals surface area contributed by atoms with Gasteiger partial charge >= 0.3 is 0 Å². The molecule has 0 heterocycles. The minimum absolute atomic E-state index is 0.0802. The third-order valence-electron chi connectivity index (χ3n) is 4.01. The fraction of sp³-hybridized carbons (Fsp3) is 0.786. The van der Waals surface area contributed by atoms with E-state index in [1.165, 1.54) is 50.5 Å². The van der Waals surface area contributed by atoms with E-state index in [0.717, 1.165) is 19.3 Å². The van der Waals surface area contributed by atoms with Crippen LogP contribution in [0.2, 0.25) is 0 Å². The summed E-state index contributed by atoms with van der Waals surface area (Å²) in [4.78, 5) is 14.8. The summed E-state index contributed by atoms with van der Waals surface area (Å²) in [5, 5.41) is 0. The SMILES string of the molecule is O=C=NC1(CC2=CCCCC2)CCCCC1. The van der Waals surface area contributed by atoms with E-state index in [4.69, 9.17) is 0 Å². The number of hydrogen-bond acceptors (Lipinski definition) is 2. The third-order valence-corrected chi connectivity index (χ3v) is 4.01. The first-order chi connectivity index (χ1) is 7.85. The highest BCUT2D eigenvalue weighted by atomic mass is 16.1. The molecular formula is C14H21NO. The summed E-state index contributed by atoms with van der Waals surface area (Å²) < 4.78 is 0. The van der Waals surface area contributed by atoms with E-state index in [1.54, 1.807) is 0 Å². The van der Waals surface area contributed by atoms with Crippen LogP contribution in [0.5, 0.6) is 0 Å². The second-order valence-electron chi connectivity index (χ2n) is 5.27. The number of nitrogens with zero attached hydrogens (tertiary/aromatic N) is 1. The van der Waals surface area contributed by atoms with Gasteiger partial charge in [0.05, 0.1) is 5.54 Å². The van der Waals surface area contributed by atoms with Gasteiger partial charge in [-0.1, -0.05) is 30.9 Å². The normalized spacial score (nSPS) is 24.4. The Balaban J connectivity index is 2.06. The van der Waals surface area contributed by atoms with Gasteiger partial charge in [-0.2, -0.15) is 4.99 Å². The molecule has 0 aliphatic heterocycles. The van der Waals surface area contributed by atoms with Crippen LogP contribution in [0.4, 0.5) is 0 Å². The lowest BCUT2D eigenvalue weighted by Crippen LogP contribution is -2.30. The van der Waals surface area contributed by atoms with Crippen molar-refractivity contribution in [1.29, 1.82) is 0 Å². The summed E-state index contributed by atoms with van der Waals surface area (Å²) in [7, 11) is 0. The Hall–Kier alpha value is -0.880. The number of isocyanates is 1. The van der Waals surface area contributed by atoms with Gasteiger partial charge in [-0.25, -0.2) is 4.79 Å². The summed E-state index contributed by atoms with van der Waals surface area (Å²) in [5.41, 5.74) is 1.45. The minimum atomic E-state index is -0.0802. The molecule has 1 fully saturated rings. The highest BCUT2D eigenvalue weighted by molar-refractivity contribution is 5.35. The lowest BCUT2D eigenvalue weighted by molar-refractivity contribution is 0.291. The van der Waals surface area contributed by atoms with Crippen LogP contribution >= 0.6 is 0 Å². The topological polar surface area (TPSA) is 29.4 Å². The zero-order valence-electron chi connectivity index (χ0n) is 10.0. The van der Waals surface area contributed by atoms with Gasteiger partial charge in [0.1, 0.15) is 0 Å². The summed E-state index contributed by atoms with van der Waals surface area (Å²) in [6.07, 6.45) is 16.2. The lowest BCUT2D eigenvalue weighted by atomic mass is 9.76. The van der Waals surface area contributed by atoms with Gasteiger partial charge in [-0.3, -0.25) is 0 Å². The summed E-state index contributed by atoms with van der Waals surface area (Å²) in [6.45, 7) is 0. The number of carbonyl (C=O) groups excluding carboxylic acids is 1. The van der Waals surface area contributed by atoms with Crippen LogP contribution < -0.4 is 0 Å². The van der Waals surface area contributed by atoms with Crippen molar-refractivity contribution in [3.63, 3.8) is 0 Å². The molecule has 0 aromatic rings. The number of allylic oxidation sites excluding steroid dienone is 1. The molecule has 0 radical (unpaired) electrons. The molecule has 88 valence electrons. The van der Waals surface area contributed by atoms with Crippen molar-refractivity contribution in [1.82, 2.24) is 0 Å². The van der Waals surface area contributed by atoms with Crippen molar-refractivity contribution < 1.29 is 4.79 Å². The van der Waals surface area contributed by atoms with Crippen molar-refractivity contribution in [2.75, 3.05) is 0 Å². The van der Waals surface area contributed by atoms with Crippen LogP contribution in [0.25, 0.3) is 0 Å². The minimum Gasteiger partial charge on any atom is -0.211 e. The Bertz CT molecular complexity index is 307. The molecule has 2 aliphatic rings. The molecule has 0 saturated heterocycles. The third kappa shape index (κ3) is 2.82. The van der Waals surface area contributed by atoms with Gasteiger partial charge in [0, 0.05) is 0 Å². The average Bonchev–Trinajstić information content (AvgIpc) is 2.31. The Morgan fingerprint density at radius 3 is 2.62 bits per heavy atom. The molecule has 0 unspecified atom stereocenters. The van der Waals surface area contributed by atoms with Gasteiger partial charge < -0.3 is 0 Å². The fourth-order valence-corrected chi connectivity index (χ4v) is 3.12. The first kappa shape index (κ1) is 11.6. The molecule has 0 aromatic carbocycles. The maximum atomic E-state index is 10.6. The van der Waals surface area contributed by atoms with Crippen molar-refractivity contribution >= 4 is 6.08 Å². The molecule has 2 rings (SSSR count). The Morgan fingerprint density at radius 1 is 1.19 bits per heavy atom. The van der Waals surface area contributed by atoms with Gasteiger partial charge in [0.25, 0.3) is 0 Å². The van der Waals surface area contributed by atoms with Crippen LogP contribution in [0.15, 0.2) is 16.6 Å². The van der Waals surface area contributed by atoms with Crippen LogP contribution in [-0.2, 0) is 4.79 Å². The van der Waals surface area contributed by atoms with E-state index in [0.29, 0.717) is 0 Å². The molecule has 0 amide bonds. The standard InChI is InChI=1S/C14H21NO/c16-12-15-14(9-5-2-6-10-14)11-13-7-3-1-4-8-13/h7H,1-6,8-11H2. The molecule has 0 aromatic heterocycles. The van der Waals surface area contributed by atoms with E-state index in [-0.39, 0.29) is 5.54 Å². The quantitative estimate of drug-likeness (QED) is 0.402. The zero-order chi connectivity index (χ0) is 11.3. The van der Waals surface area contributed by atoms with Crippen LogP contribution in [0.1, 0.15) is 64.2 Å². The molecule has 0 atom stereocenters. The second-order valence-corrected chi connectivity index (χ2v) is 5.27. The molecule has 2 aliphatic carbocycles. The highest BCUT2D eigenvalue weighted by Crippen LogP contribution is 2.38. The Kier molecular flexibility index (Phi) is 3.95. The molecule has 2 heteroatoms. The number of hydrogen-bond donors (Lipinski definition) is 0. The Labute approximate surface area is 97.8 Å². The smallest absolute Gasteiger partial charge is 0.211 e. The van der Waals surface area contributed by atoms with E-state index in [2.05, 4.69) is 11.1 Å². The highest BCUT2D eigenvalue weighted by Gasteiger charge is 2.32. The summed E-state index contributed by atoms with van der Waals surface area (Å²) in [6, 6.07) is 0. The molecule has 1 saturated carbocycles. The first-order valence-corrected chi connectivity index (χ1v) is 6.62. The van der Waals surface area contributed by atoms with Crippen molar-refractivity contribution in [3.05, 3.63) is 11.6 Å². The fourth-order valence-electron chi connectivity index (χ4n) is 3.12. The Morgan fingerprint density at radius 2 is 2.00 bits per heavy atom. The second kappa shape index (κ2) is 5.45. The van der Waals surface area contributed by atoms with E-state index in [9.17, 15) is 4.79 Å². The van der Waals surface area contributed by atoms with Gasteiger partial charge in [0.2, 0.25) is 6.08 Å². The predicted octanol–water partition coefficient (Wildman–Crippen LogP) is 3.92. The monoisotopic (exact) mass is 219 g/mol. The summed E-state index contributed by atoms with van der Waals surface area (Å²) >= 11 is 0. The molecule has 2 nitrogen and oxygen atoms in total. The molecular weight excluding hydrogens is 198 g/mol. The molecule has 16 heavy (non-hydrogen) atoms.